The van der Waals surface area contributed by atoms with Gasteiger partial charge in [-0.15, -0.1) is 0 Å². The number of methoxy groups -OCH3 is 1. The van der Waals surface area contributed by atoms with Gasteiger partial charge in [-0.2, -0.15) is 0 Å². The zero-order valence-electron chi connectivity index (χ0n) is 12.0. The number of esters is 1. The molecule has 2 rings (SSSR count). The number of nitrogens with zero attached hydrogens (tertiary/aromatic N) is 2. The van der Waals surface area contributed by atoms with Gasteiger partial charge in [-0.3, -0.25) is 15.1 Å². The third-order valence-corrected chi connectivity index (χ3v) is 3.03. The lowest BCUT2D eigenvalue weighted by Crippen LogP contribution is -2.09. The molecule has 22 heavy (non-hydrogen) atoms. The molecule has 7 heteroatoms. The molecule has 7 nitrogen and oxygen atoms in total. The van der Waals surface area contributed by atoms with E-state index in [9.17, 15) is 14.9 Å². The van der Waals surface area contributed by atoms with Crippen LogP contribution in [-0.4, -0.2) is 29.5 Å². The van der Waals surface area contributed by atoms with Gasteiger partial charge in [0.25, 0.3) is 5.69 Å². The van der Waals surface area contributed by atoms with E-state index in [1.54, 1.807) is 12.3 Å². The number of benzene rings is 1. The second-order valence-electron chi connectivity index (χ2n) is 4.48. The van der Waals surface area contributed by atoms with E-state index in [2.05, 4.69) is 15.0 Å². The van der Waals surface area contributed by atoms with Crippen LogP contribution in [0.5, 0.6) is 0 Å². The zero-order chi connectivity index (χ0) is 15.9. The molecular formula is C15H15N3O4. The van der Waals surface area contributed by atoms with Crippen LogP contribution in [0.3, 0.4) is 0 Å². The van der Waals surface area contributed by atoms with E-state index in [0.717, 1.165) is 5.69 Å². The van der Waals surface area contributed by atoms with Crippen LogP contribution in [0.1, 0.15) is 16.1 Å². The Labute approximate surface area is 127 Å². The Morgan fingerprint density at radius 1 is 1.36 bits per heavy atom. The van der Waals surface area contributed by atoms with Gasteiger partial charge in [0, 0.05) is 36.6 Å². The molecule has 114 valence electrons. The highest BCUT2D eigenvalue weighted by molar-refractivity contribution is 5.95. The van der Waals surface area contributed by atoms with Crippen molar-refractivity contribution in [1.29, 1.82) is 0 Å². The van der Waals surface area contributed by atoms with E-state index in [4.69, 9.17) is 0 Å². The number of ether oxygens (including phenoxy) is 1. The van der Waals surface area contributed by atoms with Crippen molar-refractivity contribution in [3.8, 4) is 0 Å². The predicted octanol–water partition coefficient (Wildman–Crippen LogP) is 2.43. The first-order valence-corrected chi connectivity index (χ1v) is 6.62. The largest absolute Gasteiger partial charge is 0.465 e. The number of hydrogen-bond acceptors (Lipinski definition) is 6. The number of rotatable bonds is 6. The van der Waals surface area contributed by atoms with E-state index in [1.807, 2.05) is 18.2 Å². The maximum absolute atomic E-state index is 11.6. The van der Waals surface area contributed by atoms with Gasteiger partial charge in [0.2, 0.25) is 0 Å². The minimum Gasteiger partial charge on any atom is -0.465 e. The minimum atomic E-state index is -0.736. The lowest BCUT2D eigenvalue weighted by Gasteiger charge is -2.08. The number of hydrogen-bond donors (Lipinski definition) is 1. The van der Waals surface area contributed by atoms with Crippen LogP contribution < -0.4 is 5.32 Å². The fraction of sp³-hybridized carbons (Fsp3) is 0.200. The van der Waals surface area contributed by atoms with Crippen molar-refractivity contribution in [3.05, 3.63) is 64.0 Å². The SMILES string of the molecule is COC(=O)c1cc(NCCc2ccccn2)ccc1[N+](=O)[O-]. The van der Waals surface area contributed by atoms with Crippen LogP contribution >= 0.6 is 0 Å². The van der Waals surface area contributed by atoms with Crippen LogP contribution in [0, 0.1) is 10.1 Å². The highest BCUT2D eigenvalue weighted by Gasteiger charge is 2.21. The van der Waals surface area contributed by atoms with E-state index in [0.29, 0.717) is 18.7 Å². The number of carbonyl (C=O) groups is 1. The molecule has 1 aromatic heterocycles. The molecule has 0 amide bonds. The number of aromatic nitrogens is 1. The first-order chi connectivity index (χ1) is 10.6. The lowest BCUT2D eigenvalue weighted by atomic mass is 10.1. The standard InChI is InChI=1S/C15H15N3O4/c1-22-15(19)13-10-12(5-6-14(13)18(20)21)17-9-7-11-4-2-3-8-16-11/h2-6,8,10,17H,7,9H2,1H3. The minimum absolute atomic E-state index is 0.0738. The third kappa shape index (κ3) is 3.78. The summed E-state index contributed by atoms with van der Waals surface area (Å²) in [6.07, 6.45) is 2.42. The van der Waals surface area contributed by atoms with Gasteiger partial charge in [-0.1, -0.05) is 6.07 Å². The average Bonchev–Trinajstić information content (AvgIpc) is 2.54. The summed E-state index contributed by atoms with van der Waals surface area (Å²) >= 11 is 0. The number of nitrogens with one attached hydrogen (secondary N) is 1. The normalized spacial score (nSPS) is 10.0. The Balaban J connectivity index is 2.08. The van der Waals surface area contributed by atoms with Crippen molar-refractivity contribution in [2.45, 2.75) is 6.42 Å². The second-order valence-corrected chi connectivity index (χ2v) is 4.48. The number of anilines is 1. The molecule has 2 aromatic rings. The van der Waals surface area contributed by atoms with Crippen molar-refractivity contribution in [3.63, 3.8) is 0 Å². The van der Waals surface area contributed by atoms with Crippen LogP contribution in [0.2, 0.25) is 0 Å². The molecule has 0 atom stereocenters. The van der Waals surface area contributed by atoms with Crippen LogP contribution in [-0.2, 0) is 11.2 Å². The van der Waals surface area contributed by atoms with Gasteiger partial charge in [-0.05, 0) is 24.3 Å². The summed E-state index contributed by atoms with van der Waals surface area (Å²) in [5.74, 6) is -0.736. The van der Waals surface area contributed by atoms with Crippen molar-refractivity contribution in [2.75, 3.05) is 19.0 Å². The number of pyridine rings is 1. The Hall–Kier alpha value is -2.96. The van der Waals surface area contributed by atoms with E-state index in [-0.39, 0.29) is 11.3 Å². The highest BCUT2D eigenvalue weighted by Crippen LogP contribution is 2.23. The van der Waals surface area contributed by atoms with Gasteiger partial charge >= 0.3 is 5.97 Å². The quantitative estimate of drug-likeness (QED) is 0.500. The third-order valence-electron chi connectivity index (χ3n) is 3.03. The first kappa shape index (κ1) is 15.4. The number of carbonyl (C=O) groups excluding carboxylic acids is 1. The molecule has 0 spiro atoms. The molecule has 0 bridgehead atoms. The molecule has 0 fully saturated rings. The fourth-order valence-electron chi connectivity index (χ4n) is 1.96. The van der Waals surface area contributed by atoms with Crippen molar-refractivity contribution >= 4 is 17.3 Å². The van der Waals surface area contributed by atoms with Crippen molar-refractivity contribution < 1.29 is 14.5 Å². The summed E-state index contributed by atoms with van der Waals surface area (Å²) < 4.78 is 4.57. The van der Waals surface area contributed by atoms with Gasteiger partial charge in [0.1, 0.15) is 5.56 Å². The molecule has 1 aromatic carbocycles. The van der Waals surface area contributed by atoms with Crippen LogP contribution in [0.25, 0.3) is 0 Å². The van der Waals surface area contributed by atoms with E-state index < -0.39 is 10.9 Å². The number of nitro groups is 1. The van der Waals surface area contributed by atoms with Gasteiger partial charge < -0.3 is 10.1 Å². The molecule has 0 unspecified atom stereocenters. The maximum Gasteiger partial charge on any atom is 0.344 e. The molecule has 0 aliphatic carbocycles. The predicted molar refractivity (Wildman–Crippen MR) is 80.9 cm³/mol. The van der Waals surface area contributed by atoms with Crippen LogP contribution in [0.4, 0.5) is 11.4 Å². The van der Waals surface area contributed by atoms with Crippen LogP contribution in [0.15, 0.2) is 42.6 Å². The summed E-state index contributed by atoms with van der Waals surface area (Å²) in [6, 6.07) is 9.93. The first-order valence-electron chi connectivity index (χ1n) is 6.62. The molecular weight excluding hydrogens is 286 g/mol. The maximum atomic E-state index is 11.6. The summed E-state index contributed by atoms with van der Waals surface area (Å²) in [4.78, 5) is 26.1. The number of nitro benzene ring substituents is 1. The van der Waals surface area contributed by atoms with Gasteiger partial charge in [0.15, 0.2) is 0 Å². The van der Waals surface area contributed by atoms with E-state index >= 15 is 0 Å². The Morgan fingerprint density at radius 2 is 2.18 bits per heavy atom. The molecule has 0 saturated heterocycles. The molecule has 0 radical (unpaired) electrons. The average molecular weight is 301 g/mol. The summed E-state index contributed by atoms with van der Waals surface area (Å²) in [5.41, 5.74) is 1.20. The zero-order valence-corrected chi connectivity index (χ0v) is 12.0. The summed E-state index contributed by atoms with van der Waals surface area (Å²) in [7, 11) is 1.19. The Bertz CT molecular complexity index is 674. The Morgan fingerprint density at radius 3 is 2.82 bits per heavy atom. The second kappa shape index (κ2) is 7.16. The molecule has 0 aliphatic rings. The van der Waals surface area contributed by atoms with Crippen molar-refractivity contribution in [2.24, 2.45) is 0 Å². The Kier molecular flexibility index (Phi) is 5.02. The smallest absolute Gasteiger partial charge is 0.344 e. The molecule has 1 N–H and O–H groups in total. The highest BCUT2D eigenvalue weighted by atomic mass is 16.6. The fourth-order valence-corrected chi connectivity index (χ4v) is 1.96. The topological polar surface area (TPSA) is 94.4 Å². The monoisotopic (exact) mass is 301 g/mol. The summed E-state index contributed by atoms with van der Waals surface area (Å²) in [6.45, 7) is 0.593. The van der Waals surface area contributed by atoms with Crippen molar-refractivity contribution in [1.82, 2.24) is 4.98 Å². The lowest BCUT2D eigenvalue weighted by molar-refractivity contribution is -0.385. The molecule has 1 heterocycles. The van der Waals surface area contributed by atoms with Gasteiger partial charge in [0.05, 0.1) is 12.0 Å². The van der Waals surface area contributed by atoms with Gasteiger partial charge in [-0.25, -0.2) is 4.79 Å². The van der Waals surface area contributed by atoms with E-state index in [1.165, 1.54) is 19.2 Å². The molecule has 0 aliphatic heterocycles. The summed E-state index contributed by atoms with van der Waals surface area (Å²) in [5, 5.41) is 14.0. The molecule has 0 saturated carbocycles.